The number of hydrogen-bond acceptors (Lipinski definition) is 4. The number of halogens is 1. The van der Waals surface area contributed by atoms with Crippen LogP contribution in [0.25, 0.3) is 0 Å². The van der Waals surface area contributed by atoms with Crippen molar-refractivity contribution in [1.82, 2.24) is 4.90 Å². The topological polar surface area (TPSA) is 69.7 Å². The van der Waals surface area contributed by atoms with Gasteiger partial charge in [0.25, 0.3) is 0 Å². The molecule has 1 spiro atoms. The van der Waals surface area contributed by atoms with Crippen LogP contribution >= 0.6 is 11.6 Å². The van der Waals surface area contributed by atoms with Crippen LogP contribution in [-0.4, -0.2) is 35.2 Å². The van der Waals surface area contributed by atoms with E-state index in [4.69, 9.17) is 11.6 Å². The highest BCUT2D eigenvalue weighted by molar-refractivity contribution is 6.32. The molecule has 4 aliphatic heterocycles. The second kappa shape index (κ2) is 6.17. The molecule has 4 aliphatic rings. The van der Waals surface area contributed by atoms with Crippen molar-refractivity contribution in [2.75, 3.05) is 16.8 Å². The second-order valence-electron chi connectivity index (χ2n) is 9.07. The average molecular weight is 436 g/mol. The number of hydrogen-bond donors (Lipinski definition) is 1. The standard InChI is InChI=1S/C24H22ClN3O3/c1-12-8-9-16-14(11-12)24(23(31)26-16)20-19(18-7-4-10-27(18)24)21(29)28(22(20)30)17-6-3-5-15(25)13(17)2/h3,5-6,8-9,11,18-20H,4,7,10H2,1-2H3,(H,26,31)/t18-,19-,20-,24-/m1/s1. The maximum atomic E-state index is 13.9. The van der Waals surface area contributed by atoms with Crippen LogP contribution in [0.5, 0.6) is 0 Å². The van der Waals surface area contributed by atoms with Crippen molar-refractivity contribution in [2.24, 2.45) is 11.8 Å². The van der Waals surface area contributed by atoms with Crippen LogP contribution in [0.4, 0.5) is 11.4 Å². The predicted molar refractivity (Wildman–Crippen MR) is 117 cm³/mol. The van der Waals surface area contributed by atoms with E-state index in [1.54, 1.807) is 18.2 Å². The van der Waals surface area contributed by atoms with Gasteiger partial charge in [-0.15, -0.1) is 0 Å². The third kappa shape index (κ3) is 2.14. The molecule has 2 aromatic rings. The number of nitrogens with zero attached hydrogens (tertiary/aromatic N) is 2. The first-order valence-corrected chi connectivity index (χ1v) is 11.1. The molecule has 1 N–H and O–H groups in total. The van der Waals surface area contributed by atoms with E-state index in [1.807, 2.05) is 32.0 Å². The van der Waals surface area contributed by atoms with Gasteiger partial charge < -0.3 is 5.32 Å². The van der Waals surface area contributed by atoms with E-state index in [0.29, 0.717) is 22.8 Å². The minimum Gasteiger partial charge on any atom is -0.324 e. The number of fused-ring (bicyclic) bond motifs is 7. The smallest absolute Gasteiger partial charge is 0.250 e. The third-order valence-electron chi connectivity index (χ3n) is 7.63. The summed E-state index contributed by atoms with van der Waals surface area (Å²) in [4.78, 5) is 44.7. The summed E-state index contributed by atoms with van der Waals surface area (Å²) in [5.74, 6) is -2.00. The molecule has 3 saturated heterocycles. The number of carbonyl (C=O) groups excluding carboxylic acids is 3. The number of rotatable bonds is 1. The number of aryl methyl sites for hydroxylation is 1. The van der Waals surface area contributed by atoms with E-state index in [0.717, 1.165) is 29.7 Å². The molecular formula is C24H22ClN3O3. The van der Waals surface area contributed by atoms with Gasteiger partial charge >= 0.3 is 0 Å². The molecule has 6 nitrogen and oxygen atoms in total. The lowest BCUT2D eigenvalue weighted by atomic mass is 9.75. The van der Waals surface area contributed by atoms with E-state index < -0.39 is 17.4 Å². The predicted octanol–water partition coefficient (Wildman–Crippen LogP) is 3.39. The molecule has 6 rings (SSSR count). The van der Waals surface area contributed by atoms with E-state index in [1.165, 1.54) is 4.90 Å². The van der Waals surface area contributed by atoms with Crippen molar-refractivity contribution >= 4 is 40.7 Å². The highest BCUT2D eigenvalue weighted by Gasteiger charge is 2.74. The number of amides is 3. The Bertz CT molecular complexity index is 1190. The first kappa shape index (κ1) is 19.0. The Morgan fingerprint density at radius 2 is 1.90 bits per heavy atom. The van der Waals surface area contributed by atoms with Gasteiger partial charge in [-0.05, 0) is 57.0 Å². The molecule has 3 amide bonds. The Balaban J connectivity index is 1.58. The molecule has 2 aromatic carbocycles. The summed E-state index contributed by atoms with van der Waals surface area (Å²) in [6.07, 6.45) is 1.71. The molecule has 7 heteroatoms. The second-order valence-corrected chi connectivity index (χ2v) is 9.48. The van der Waals surface area contributed by atoms with Gasteiger partial charge in [0.2, 0.25) is 17.7 Å². The minimum atomic E-state index is -1.14. The number of anilines is 2. The van der Waals surface area contributed by atoms with Crippen molar-refractivity contribution in [2.45, 2.75) is 38.3 Å². The fourth-order valence-corrected chi connectivity index (χ4v) is 6.56. The highest BCUT2D eigenvalue weighted by Crippen LogP contribution is 2.60. The fourth-order valence-electron chi connectivity index (χ4n) is 6.39. The van der Waals surface area contributed by atoms with E-state index in [-0.39, 0.29) is 23.8 Å². The molecule has 0 bridgehead atoms. The zero-order valence-electron chi connectivity index (χ0n) is 17.3. The number of carbonyl (C=O) groups is 3. The molecule has 4 atom stereocenters. The number of benzene rings is 2. The van der Waals surface area contributed by atoms with Crippen LogP contribution in [0.15, 0.2) is 36.4 Å². The summed E-state index contributed by atoms with van der Waals surface area (Å²) in [6.45, 7) is 4.49. The van der Waals surface area contributed by atoms with Crippen LogP contribution in [0.1, 0.15) is 29.5 Å². The van der Waals surface area contributed by atoms with Crippen LogP contribution < -0.4 is 10.2 Å². The number of imide groups is 1. The molecule has 31 heavy (non-hydrogen) atoms. The van der Waals surface area contributed by atoms with Crippen molar-refractivity contribution in [3.8, 4) is 0 Å². The molecule has 0 saturated carbocycles. The molecule has 0 aliphatic carbocycles. The fraction of sp³-hybridized carbons (Fsp3) is 0.375. The van der Waals surface area contributed by atoms with Gasteiger partial charge in [-0.25, -0.2) is 4.90 Å². The molecule has 0 unspecified atom stereocenters. The van der Waals surface area contributed by atoms with Crippen molar-refractivity contribution in [3.63, 3.8) is 0 Å². The van der Waals surface area contributed by atoms with Crippen LogP contribution in [0.3, 0.4) is 0 Å². The van der Waals surface area contributed by atoms with Gasteiger partial charge in [-0.1, -0.05) is 35.4 Å². The van der Waals surface area contributed by atoms with E-state index >= 15 is 0 Å². The first-order valence-electron chi connectivity index (χ1n) is 10.7. The zero-order valence-corrected chi connectivity index (χ0v) is 18.1. The number of nitrogens with one attached hydrogen (secondary N) is 1. The first-order chi connectivity index (χ1) is 14.9. The largest absolute Gasteiger partial charge is 0.324 e. The summed E-state index contributed by atoms with van der Waals surface area (Å²) in [6, 6.07) is 11.0. The molecule has 0 radical (unpaired) electrons. The lowest BCUT2D eigenvalue weighted by Gasteiger charge is -2.37. The maximum Gasteiger partial charge on any atom is 0.250 e. The van der Waals surface area contributed by atoms with Gasteiger partial charge in [-0.3, -0.25) is 19.3 Å². The van der Waals surface area contributed by atoms with Gasteiger partial charge in [0, 0.05) is 22.3 Å². The summed E-state index contributed by atoms with van der Waals surface area (Å²) < 4.78 is 0. The van der Waals surface area contributed by atoms with Gasteiger partial charge in [0.15, 0.2) is 0 Å². The Labute approximate surface area is 185 Å². The Kier molecular flexibility index (Phi) is 3.79. The molecule has 158 valence electrons. The van der Waals surface area contributed by atoms with Crippen LogP contribution in [-0.2, 0) is 19.9 Å². The molecular weight excluding hydrogens is 414 g/mol. The summed E-state index contributed by atoms with van der Waals surface area (Å²) in [5, 5.41) is 3.52. The van der Waals surface area contributed by atoms with Crippen molar-refractivity contribution < 1.29 is 14.4 Å². The molecule has 4 heterocycles. The average Bonchev–Trinajstić information content (AvgIpc) is 3.43. The Morgan fingerprint density at radius 1 is 1.10 bits per heavy atom. The van der Waals surface area contributed by atoms with Crippen LogP contribution in [0, 0.1) is 25.7 Å². The monoisotopic (exact) mass is 435 g/mol. The van der Waals surface area contributed by atoms with Crippen LogP contribution in [0.2, 0.25) is 5.02 Å². The lowest BCUT2D eigenvalue weighted by Crippen LogP contribution is -2.54. The zero-order chi connectivity index (χ0) is 21.7. The lowest BCUT2D eigenvalue weighted by molar-refractivity contribution is -0.135. The van der Waals surface area contributed by atoms with E-state index in [2.05, 4.69) is 10.2 Å². The van der Waals surface area contributed by atoms with Gasteiger partial charge in [-0.2, -0.15) is 0 Å². The SMILES string of the molecule is Cc1ccc2c(c1)[C@]1(C(=O)N2)[C@H]2C(=O)N(c3cccc(Cl)c3C)C(=O)[C@@H]2[C@H]2CCCN21. The van der Waals surface area contributed by atoms with E-state index in [9.17, 15) is 14.4 Å². The minimum absolute atomic E-state index is 0.122. The summed E-state index contributed by atoms with van der Waals surface area (Å²) in [5.41, 5.74) is 2.64. The quantitative estimate of drug-likeness (QED) is 0.697. The van der Waals surface area contributed by atoms with Crippen molar-refractivity contribution in [3.05, 3.63) is 58.1 Å². The van der Waals surface area contributed by atoms with Crippen molar-refractivity contribution in [1.29, 1.82) is 0 Å². The summed E-state index contributed by atoms with van der Waals surface area (Å²) in [7, 11) is 0. The molecule has 0 aromatic heterocycles. The maximum absolute atomic E-state index is 13.9. The normalized spacial score (nSPS) is 31.4. The Hall–Kier alpha value is -2.70. The highest BCUT2D eigenvalue weighted by atomic mass is 35.5. The third-order valence-corrected chi connectivity index (χ3v) is 8.04. The van der Waals surface area contributed by atoms with Gasteiger partial charge in [0.1, 0.15) is 5.54 Å². The Morgan fingerprint density at radius 3 is 2.71 bits per heavy atom. The molecule has 3 fully saturated rings. The summed E-state index contributed by atoms with van der Waals surface area (Å²) >= 11 is 6.30. The van der Waals surface area contributed by atoms with Gasteiger partial charge in [0.05, 0.1) is 17.5 Å².